The minimum atomic E-state index is 0.0475. The number of rotatable bonds is 5. The number of amides is 1. The van der Waals surface area contributed by atoms with Gasteiger partial charge in [0.2, 0.25) is 0 Å². The quantitative estimate of drug-likeness (QED) is 0.850. The standard InChI is InChI=1S/C16H24N2O3/c1-12-5-4-8-18(10-12)11-16(19)17-13-6-7-14(20-2)15(9-13)21-3/h6-7,9,12H,4-5,8,10-11H2,1-3H3,(H,17,19)/p+1/t12-/m0/s1. The van der Waals surface area contributed by atoms with E-state index in [0.717, 1.165) is 18.8 Å². The lowest BCUT2D eigenvalue weighted by Gasteiger charge is -2.27. The van der Waals surface area contributed by atoms with Crippen molar-refractivity contribution in [1.29, 1.82) is 0 Å². The first-order chi connectivity index (χ1) is 10.1. The van der Waals surface area contributed by atoms with E-state index >= 15 is 0 Å². The van der Waals surface area contributed by atoms with Gasteiger partial charge in [0.05, 0.1) is 27.3 Å². The molecule has 1 unspecified atom stereocenters. The summed E-state index contributed by atoms with van der Waals surface area (Å²) < 4.78 is 10.4. The van der Waals surface area contributed by atoms with Crippen LogP contribution in [0.1, 0.15) is 19.8 Å². The summed E-state index contributed by atoms with van der Waals surface area (Å²) in [5.74, 6) is 2.04. The number of methoxy groups -OCH3 is 2. The number of nitrogens with one attached hydrogen (secondary N) is 2. The second-order valence-corrected chi connectivity index (χ2v) is 5.75. The monoisotopic (exact) mass is 293 g/mol. The molecule has 1 saturated heterocycles. The zero-order valence-corrected chi connectivity index (χ0v) is 13.1. The van der Waals surface area contributed by atoms with E-state index in [-0.39, 0.29) is 5.91 Å². The summed E-state index contributed by atoms with van der Waals surface area (Å²) in [5, 5.41) is 2.93. The van der Waals surface area contributed by atoms with Crippen LogP contribution in [0.3, 0.4) is 0 Å². The number of piperidine rings is 1. The molecule has 2 rings (SSSR count). The Balaban J connectivity index is 1.93. The van der Waals surface area contributed by atoms with E-state index in [2.05, 4.69) is 12.2 Å². The minimum absolute atomic E-state index is 0.0475. The molecule has 1 aliphatic heterocycles. The van der Waals surface area contributed by atoms with Crippen LogP contribution in [0.25, 0.3) is 0 Å². The van der Waals surface area contributed by atoms with Crippen molar-refractivity contribution < 1.29 is 19.2 Å². The van der Waals surface area contributed by atoms with Crippen molar-refractivity contribution in [1.82, 2.24) is 0 Å². The normalized spacial score (nSPS) is 21.7. The highest BCUT2D eigenvalue weighted by Crippen LogP contribution is 2.29. The Morgan fingerprint density at radius 1 is 1.33 bits per heavy atom. The predicted octanol–water partition coefficient (Wildman–Crippen LogP) is 0.957. The van der Waals surface area contributed by atoms with E-state index in [0.29, 0.717) is 24.0 Å². The van der Waals surface area contributed by atoms with E-state index in [1.54, 1.807) is 26.4 Å². The van der Waals surface area contributed by atoms with E-state index in [4.69, 9.17) is 9.47 Å². The average Bonchev–Trinajstić information content (AvgIpc) is 2.47. The summed E-state index contributed by atoms with van der Waals surface area (Å²) in [5.41, 5.74) is 0.738. The Morgan fingerprint density at radius 2 is 2.10 bits per heavy atom. The number of carbonyl (C=O) groups excluding carboxylic acids is 1. The van der Waals surface area contributed by atoms with Crippen LogP contribution in [0.2, 0.25) is 0 Å². The van der Waals surface area contributed by atoms with Crippen molar-refractivity contribution in [2.24, 2.45) is 5.92 Å². The number of quaternary nitrogens is 1. The third-order valence-electron chi connectivity index (χ3n) is 3.94. The maximum absolute atomic E-state index is 12.1. The van der Waals surface area contributed by atoms with Crippen LogP contribution in [0, 0.1) is 5.92 Å². The van der Waals surface area contributed by atoms with Gasteiger partial charge in [-0.3, -0.25) is 4.79 Å². The summed E-state index contributed by atoms with van der Waals surface area (Å²) in [6.07, 6.45) is 2.49. The van der Waals surface area contributed by atoms with Crippen LogP contribution in [0.4, 0.5) is 5.69 Å². The molecular weight excluding hydrogens is 268 g/mol. The molecular formula is C16H25N2O3+. The fourth-order valence-corrected chi connectivity index (χ4v) is 2.90. The largest absolute Gasteiger partial charge is 0.493 e. The molecule has 21 heavy (non-hydrogen) atoms. The van der Waals surface area contributed by atoms with Gasteiger partial charge in [0.1, 0.15) is 0 Å². The second-order valence-electron chi connectivity index (χ2n) is 5.75. The molecule has 2 N–H and O–H groups in total. The summed E-state index contributed by atoms with van der Waals surface area (Å²) in [4.78, 5) is 13.5. The zero-order valence-electron chi connectivity index (χ0n) is 13.1. The Kier molecular flexibility index (Phi) is 5.44. The Hall–Kier alpha value is -1.75. The first-order valence-corrected chi connectivity index (χ1v) is 7.47. The maximum atomic E-state index is 12.1. The van der Waals surface area contributed by atoms with Gasteiger partial charge in [0.15, 0.2) is 18.0 Å². The van der Waals surface area contributed by atoms with Gasteiger partial charge in [0.25, 0.3) is 5.91 Å². The van der Waals surface area contributed by atoms with Crippen molar-refractivity contribution in [3.8, 4) is 11.5 Å². The van der Waals surface area contributed by atoms with Gasteiger partial charge in [-0.15, -0.1) is 0 Å². The number of benzene rings is 1. The van der Waals surface area contributed by atoms with Gasteiger partial charge in [-0.1, -0.05) is 6.92 Å². The molecule has 1 aliphatic rings. The number of ether oxygens (including phenoxy) is 2. The van der Waals surface area contributed by atoms with Gasteiger partial charge < -0.3 is 19.7 Å². The SMILES string of the molecule is COc1ccc(NC(=O)C[NH+]2CCC[C@H](C)C2)cc1OC. The molecule has 0 spiro atoms. The van der Waals surface area contributed by atoms with Crippen molar-refractivity contribution in [3.63, 3.8) is 0 Å². The van der Waals surface area contributed by atoms with Crippen molar-refractivity contribution >= 4 is 11.6 Å². The number of anilines is 1. The fourth-order valence-electron chi connectivity index (χ4n) is 2.90. The minimum Gasteiger partial charge on any atom is -0.493 e. The molecule has 5 nitrogen and oxygen atoms in total. The topological polar surface area (TPSA) is 52.0 Å². The smallest absolute Gasteiger partial charge is 0.279 e. The summed E-state index contributed by atoms with van der Waals surface area (Å²) >= 11 is 0. The third kappa shape index (κ3) is 4.36. The van der Waals surface area contributed by atoms with Gasteiger partial charge in [-0.05, 0) is 25.0 Å². The van der Waals surface area contributed by atoms with Crippen LogP contribution in [0.5, 0.6) is 11.5 Å². The van der Waals surface area contributed by atoms with Gasteiger partial charge in [0, 0.05) is 17.7 Å². The molecule has 1 aromatic carbocycles. The average molecular weight is 293 g/mol. The summed E-state index contributed by atoms with van der Waals surface area (Å²) in [6.45, 7) is 4.95. The molecule has 1 heterocycles. The van der Waals surface area contributed by atoms with Gasteiger partial charge in [-0.2, -0.15) is 0 Å². The molecule has 0 saturated carbocycles. The lowest BCUT2D eigenvalue weighted by molar-refractivity contribution is -0.900. The van der Waals surface area contributed by atoms with Crippen molar-refractivity contribution in [2.45, 2.75) is 19.8 Å². The van der Waals surface area contributed by atoms with E-state index < -0.39 is 0 Å². The molecule has 1 amide bonds. The van der Waals surface area contributed by atoms with Crippen LogP contribution < -0.4 is 19.7 Å². The Labute approximate surface area is 126 Å². The lowest BCUT2D eigenvalue weighted by atomic mass is 10.0. The fraction of sp³-hybridized carbons (Fsp3) is 0.562. The van der Waals surface area contributed by atoms with Gasteiger partial charge in [-0.25, -0.2) is 0 Å². The molecule has 1 aromatic rings. The summed E-state index contributed by atoms with van der Waals surface area (Å²) in [7, 11) is 3.18. The molecule has 2 atom stereocenters. The van der Waals surface area contributed by atoms with E-state index in [1.165, 1.54) is 17.7 Å². The highest BCUT2D eigenvalue weighted by Gasteiger charge is 2.22. The zero-order chi connectivity index (χ0) is 15.2. The van der Waals surface area contributed by atoms with Crippen LogP contribution in [0.15, 0.2) is 18.2 Å². The van der Waals surface area contributed by atoms with Crippen LogP contribution in [-0.2, 0) is 4.79 Å². The highest BCUT2D eigenvalue weighted by molar-refractivity contribution is 5.91. The number of hydrogen-bond acceptors (Lipinski definition) is 3. The number of carbonyl (C=O) groups is 1. The van der Waals surface area contributed by atoms with E-state index in [9.17, 15) is 4.79 Å². The van der Waals surface area contributed by atoms with Gasteiger partial charge >= 0.3 is 0 Å². The second kappa shape index (κ2) is 7.31. The molecule has 116 valence electrons. The van der Waals surface area contributed by atoms with Crippen molar-refractivity contribution in [2.75, 3.05) is 39.2 Å². The third-order valence-corrected chi connectivity index (χ3v) is 3.94. The van der Waals surface area contributed by atoms with Crippen LogP contribution in [-0.4, -0.2) is 39.8 Å². The summed E-state index contributed by atoms with van der Waals surface area (Å²) in [6, 6.07) is 5.41. The van der Waals surface area contributed by atoms with E-state index in [1.807, 2.05) is 6.07 Å². The Morgan fingerprint density at radius 3 is 2.76 bits per heavy atom. The number of hydrogen-bond donors (Lipinski definition) is 2. The Bertz CT molecular complexity index is 490. The molecule has 0 aromatic heterocycles. The first-order valence-electron chi connectivity index (χ1n) is 7.47. The first kappa shape index (κ1) is 15.6. The molecule has 5 heteroatoms. The number of likely N-dealkylation sites (tertiary alicyclic amines) is 1. The van der Waals surface area contributed by atoms with Crippen molar-refractivity contribution in [3.05, 3.63) is 18.2 Å². The highest BCUT2D eigenvalue weighted by atomic mass is 16.5. The molecule has 0 radical (unpaired) electrons. The lowest BCUT2D eigenvalue weighted by Crippen LogP contribution is -3.14. The molecule has 0 bridgehead atoms. The van der Waals surface area contributed by atoms with Crippen LogP contribution >= 0.6 is 0 Å². The molecule has 1 fully saturated rings. The molecule has 0 aliphatic carbocycles. The maximum Gasteiger partial charge on any atom is 0.279 e. The predicted molar refractivity (Wildman–Crippen MR) is 82.1 cm³/mol.